The van der Waals surface area contributed by atoms with Gasteiger partial charge in [0, 0.05) is 25.4 Å². The molecule has 0 aliphatic rings. The molecule has 1 N–H and O–H groups in total. The lowest BCUT2D eigenvalue weighted by molar-refractivity contribution is -0.113. The highest BCUT2D eigenvalue weighted by Gasteiger charge is 2.10. The van der Waals surface area contributed by atoms with Crippen molar-refractivity contribution in [3.8, 4) is 0 Å². The monoisotopic (exact) mass is 328 g/mol. The maximum absolute atomic E-state index is 13.0. The van der Waals surface area contributed by atoms with Crippen LogP contribution in [0.1, 0.15) is 0 Å². The van der Waals surface area contributed by atoms with E-state index in [0.717, 1.165) is 18.2 Å². The topological polar surface area (TPSA) is 69.0 Å². The minimum atomic E-state index is -0.748. The van der Waals surface area contributed by atoms with Crippen LogP contribution in [0.4, 0.5) is 14.5 Å². The molecule has 1 heterocycles. The van der Waals surface area contributed by atoms with Crippen molar-refractivity contribution in [2.45, 2.75) is 11.7 Å². The number of methoxy groups -OCH3 is 1. The van der Waals surface area contributed by atoms with Gasteiger partial charge < -0.3 is 14.6 Å². The second kappa shape index (κ2) is 7.85. The second-order valence-electron chi connectivity index (χ2n) is 4.29. The van der Waals surface area contributed by atoms with Crippen LogP contribution in [0.15, 0.2) is 29.7 Å². The third-order valence-corrected chi connectivity index (χ3v) is 3.58. The molecule has 1 aromatic carbocycles. The van der Waals surface area contributed by atoms with Gasteiger partial charge in [-0.25, -0.2) is 8.78 Å². The predicted octanol–water partition coefficient (Wildman–Crippen LogP) is 1.93. The van der Waals surface area contributed by atoms with Gasteiger partial charge in [0.15, 0.2) is 5.16 Å². The summed E-state index contributed by atoms with van der Waals surface area (Å²) in [7, 11) is 1.59. The van der Waals surface area contributed by atoms with Crippen molar-refractivity contribution < 1.29 is 18.3 Å². The first-order valence-electron chi connectivity index (χ1n) is 6.34. The highest BCUT2D eigenvalue weighted by molar-refractivity contribution is 7.99. The number of carbonyl (C=O) groups excluding carboxylic acids is 1. The van der Waals surface area contributed by atoms with E-state index in [1.807, 2.05) is 0 Å². The standard InChI is InChI=1S/C13H14F2N4O2S/c1-21-3-2-19-8-16-18-13(19)22-7-12(20)17-11-5-9(14)4-10(15)6-11/h4-6,8H,2-3,7H2,1H3,(H,17,20). The van der Waals surface area contributed by atoms with E-state index in [9.17, 15) is 13.6 Å². The minimum absolute atomic E-state index is 0.0454. The molecule has 0 aliphatic carbocycles. The van der Waals surface area contributed by atoms with Gasteiger partial charge in [-0.05, 0) is 12.1 Å². The fourth-order valence-electron chi connectivity index (χ4n) is 1.65. The molecule has 2 aromatic rings. The Kier molecular flexibility index (Phi) is 5.84. The Morgan fingerprint density at radius 1 is 1.36 bits per heavy atom. The number of amides is 1. The smallest absolute Gasteiger partial charge is 0.234 e. The average Bonchev–Trinajstić information content (AvgIpc) is 2.89. The van der Waals surface area contributed by atoms with Gasteiger partial charge >= 0.3 is 0 Å². The Hall–Kier alpha value is -2.00. The molecule has 1 amide bonds. The van der Waals surface area contributed by atoms with Gasteiger partial charge in [0.1, 0.15) is 18.0 Å². The number of anilines is 1. The number of nitrogens with zero attached hydrogens (tertiary/aromatic N) is 3. The van der Waals surface area contributed by atoms with Crippen molar-refractivity contribution in [3.63, 3.8) is 0 Å². The van der Waals surface area contributed by atoms with Crippen molar-refractivity contribution in [2.24, 2.45) is 0 Å². The molecule has 0 aliphatic heterocycles. The van der Waals surface area contributed by atoms with Gasteiger partial charge in [-0.1, -0.05) is 11.8 Å². The summed E-state index contributed by atoms with van der Waals surface area (Å²) < 4.78 is 32.8. The van der Waals surface area contributed by atoms with Crippen molar-refractivity contribution in [1.29, 1.82) is 0 Å². The van der Waals surface area contributed by atoms with E-state index in [4.69, 9.17) is 4.74 Å². The molecule has 0 spiro atoms. The number of benzene rings is 1. The number of thioether (sulfide) groups is 1. The number of hydrogen-bond donors (Lipinski definition) is 1. The number of ether oxygens (including phenoxy) is 1. The molecule has 22 heavy (non-hydrogen) atoms. The Balaban J connectivity index is 1.89. The average molecular weight is 328 g/mol. The van der Waals surface area contributed by atoms with E-state index in [2.05, 4.69) is 15.5 Å². The van der Waals surface area contributed by atoms with E-state index in [-0.39, 0.29) is 11.4 Å². The van der Waals surface area contributed by atoms with Crippen molar-refractivity contribution in [3.05, 3.63) is 36.2 Å². The van der Waals surface area contributed by atoms with Crippen LogP contribution in [-0.4, -0.2) is 40.1 Å². The van der Waals surface area contributed by atoms with Crippen LogP contribution in [-0.2, 0) is 16.1 Å². The Labute approximate surface area is 129 Å². The molecule has 0 saturated heterocycles. The summed E-state index contributed by atoms with van der Waals surface area (Å²) in [6.07, 6.45) is 1.54. The van der Waals surface area contributed by atoms with Gasteiger partial charge in [0.05, 0.1) is 12.4 Å². The maximum Gasteiger partial charge on any atom is 0.234 e. The number of hydrogen-bond acceptors (Lipinski definition) is 5. The van der Waals surface area contributed by atoms with Crippen LogP contribution >= 0.6 is 11.8 Å². The summed E-state index contributed by atoms with van der Waals surface area (Å²) in [4.78, 5) is 11.8. The summed E-state index contributed by atoms with van der Waals surface area (Å²) in [5, 5.41) is 10.7. The zero-order valence-corrected chi connectivity index (χ0v) is 12.6. The highest BCUT2D eigenvalue weighted by Crippen LogP contribution is 2.17. The number of aromatic nitrogens is 3. The van der Waals surface area contributed by atoms with E-state index < -0.39 is 17.5 Å². The van der Waals surface area contributed by atoms with Gasteiger partial charge in [0.25, 0.3) is 0 Å². The lowest BCUT2D eigenvalue weighted by Gasteiger charge is -2.07. The summed E-state index contributed by atoms with van der Waals surface area (Å²) in [5.41, 5.74) is 0.0731. The first-order chi connectivity index (χ1) is 10.6. The first-order valence-corrected chi connectivity index (χ1v) is 7.32. The number of halogens is 2. The van der Waals surface area contributed by atoms with Crippen molar-refractivity contribution >= 4 is 23.4 Å². The van der Waals surface area contributed by atoms with Gasteiger partial charge in [-0.2, -0.15) is 0 Å². The largest absolute Gasteiger partial charge is 0.383 e. The number of nitrogens with one attached hydrogen (secondary N) is 1. The molecule has 0 unspecified atom stereocenters. The molecule has 9 heteroatoms. The molecule has 0 saturated carbocycles. The lowest BCUT2D eigenvalue weighted by atomic mass is 10.3. The van der Waals surface area contributed by atoms with Crippen LogP contribution in [0.25, 0.3) is 0 Å². The molecule has 0 bridgehead atoms. The van der Waals surface area contributed by atoms with E-state index in [1.54, 1.807) is 18.0 Å². The van der Waals surface area contributed by atoms with Gasteiger partial charge in [-0.3, -0.25) is 4.79 Å². The summed E-state index contributed by atoms with van der Waals surface area (Å²) in [6, 6.07) is 2.84. The molecule has 6 nitrogen and oxygen atoms in total. The Bertz CT molecular complexity index is 630. The van der Waals surface area contributed by atoms with E-state index in [1.165, 1.54) is 11.8 Å². The van der Waals surface area contributed by atoms with Gasteiger partial charge in [-0.15, -0.1) is 10.2 Å². The summed E-state index contributed by atoms with van der Waals surface area (Å²) in [5.74, 6) is -1.84. The molecular weight excluding hydrogens is 314 g/mol. The third-order valence-electron chi connectivity index (χ3n) is 2.59. The zero-order valence-electron chi connectivity index (χ0n) is 11.8. The molecule has 118 valence electrons. The third kappa shape index (κ3) is 4.78. The summed E-state index contributed by atoms with van der Waals surface area (Å²) >= 11 is 1.17. The van der Waals surface area contributed by atoms with E-state index in [0.29, 0.717) is 18.3 Å². The lowest BCUT2D eigenvalue weighted by Crippen LogP contribution is -2.15. The number of rotatable bonds is 7. The normalized spacial score (nSPS) is 10.7. The fourth-order valence-corrected chi connectivity index (χ4v) is 2.39. The highest BCUT2D eigenvalue weighted by atomic mass is 32.2. The van der Waals surface area contributed by atoms with Crippen LogP contribution in [0, 0.1) is 11.6 Å². The minimum Gasteiger partial charge on any atom is -0.383 e. The second-order valence-corrected chi connectivity index (χ2v) is 5.24. The van der Waals surface area contributed by atoms with Crippen molar-refractivity contribution in [1.82, 2.24) is 14.8 Å². The summed E-state index contributed by atoms with van der Waals surface area (Å²) in [6.45, 7) is 1.07. The van der Waals surface area contributed by atoms with Crippen molar-refractivity contribution in [2.75, 3.05) is 24.8 Å². The maximum atomic E-state index is 13.0. The first kappa shape index (κ1) is 16.4. The Morgan fingerprint density at radius 3 is 2.77 bits per heavy atom. The fraction of sp³-hybridized carbons (Fsp3) is 0.308. The quantitative estimate of drug-likeness (QED) is 0.787. The molecule has 0 fully saturated rings. The SMILES string of the molecule is COCCn1cnnc1SCC(=O)Nc1cc(F)cc(F)c1. The van der Waals surface area contributed by atoms with Crippen LogP contribution in [0.2, 0.25) is 0 Å². The molecule has 0 radical (unpaired) electrons. The molecule has 0 atom stereocenters. The molecular formula is C13H14F2N4O2S. The predicted molar refractivity (Wildman–Crippen MR) is 77.6 cm³/mol. The van der Waals surface area contributed by atoms with E-state index >= 15 is 0 Å². The Morgan fingerprint density at radius 2 is 2.09 bits per heavy atom. The number of carbonyl (C=O) groups is 1. The molecule has 2 rings (SSSR count). The molecule has 1 aromatic heterocycles. The zero-order chi connectivity index (χ0) is 15.9. The van der Waals surface area contributed by atoms with Crippen LogP contribution in [0.5, 0.6) is 0 Å². The van der Waals surface area contributed by atoms with Gasteiger partial charge in [0.2, 0.25) is 5.91 Å². The van der Waals surface area contributed by atoms with Crippen LogP contribution < -0.4 is 5.32 Å². The van der Waals surface area contributed by atoms with Crippen LogP contribution in [0.3, 0.4) is 0 Å².